The Morgan fingerprint density at radius 3 is 2.22 bits per heavy atom. The molecule has 0 N–H and O–H groups in total. The lowest BCUT2D eigenvalue weighted by atomic mass is 9.79. The molecule has 0 heterocycles. The van der Waals surface area contributed by atoms with Crippen molar-refractivity contribution in [1.82, 2.24) is 0 Å². The predicted molar refractivity (Wildman–Crippen MR) is 154 cm³/mol. The summed E-state index contributed by atoms with van der Waals surface area (Å²) in [5.74, 6) is -1.17. The van der Waals surface area contributed by atoms with Gasteiger partial charge in [0, 0.05) is 12.8 Å². The molecule has 2 unspecified atom stereocenters. The molecule has 2 aliphatic carbocycles. The van der Waals surface area contributed by atoms with E-state index in [0.29, 0.717) is 30.6 Å². The van der Waals surface area contributed by atoms with Gasteiger partial charge in [-0.05, 0) is 130 Å². The molecule has 0 nitrogen and oxygen atoms in total. The van der Waals surface area contributed by atoms with Crippen LogP contribution in [0, 0.1) is 17.8 Å². The van der Waals surface area contributed by atoms with E-state index < -0.39 is 5.92 Å². The molecule has 2 atom stereocenters. The molecular weight excluding hydrogens is 446 g/mol. The van der Waals surface area contributed by atoms with Crippen molar-refractivity contribution in [2.45, 2.75) is 113 Å². The van der Waals surface area contributed by atoms with E-state index in [1.807, 2.05) is 0 Å². The Balaban J connectivity index is 2.36. The summed E-state index contributed by atoms with van der Waals surface area (Å²) in [4.78, 5) is 0. The summed E-state index contributed by atoms with van der Waals surface area (Å²) in [5.41, 5.74) is 10.3. The topological polar surface area (TPSA) is 0 Å². The summed E-state index contributed by atoms with van der Waals surface area (Å²) in [6, 6.07) is 0. The molecule has 2 aliphatic rings. The second-order valence-electron chi connectivity index (χ2n) is 10.9. The lowest BCUT2D eigenvalue weighted by Gasteiger charge is -2.30. The van der Waals surface area contributed by atoms with E-state index in [2.05, 4.69) is 92.3 Å². The zero-order valence-corrected chi connectivity index (χ0v) is 24.2. The van der Waals surface area contributed by atoms with Crippen LogP contribution in [-0.2, 0) is 0 Å². The molecule has 0 amide bonds. The Labute approximate surface area is 220 Å². The van der Waals surface area contributed by atoms with Crippen LogP contribution in [0.2, 0.25) is 0 Å². The highest BCUT2D eigenvalue weighted by Gasteiger charge is 2.35. The summed E-state index contributed by atoms with van der Waals surface area (Å²) in [6.07, 6.45) is 17.0. The molecule has 2 heteroatoms. The van der Waals surface area contributed by atoms with Gasteiger partial charge in [-0.2, -0.15) is 0 Å². The van der Waals surface area contributed by atoms with Gasteiger partial charge in [-0.1, -0.05) is 63.3 Å². The van der Waals surface area contributed by atoms with Gasteiger partial charge in [0.25, 0.3) is 0 Å². The molecule has 0 spiro atoms. The first-order valence-electron chi connectivity index (χ1n) is 14.2. The van der Waals surface area contributed by atoms with Crippen LogP contribution in [0.4, 0.5) is 8.78 Å². The van der Waals surface area contributed by atoms with Crippen LogP contribution < -0.4 is 0 Å². The zero-order valence-electron chi connectivity index (χ0n) is 24.2. The maximum Gasteiger partial charge on any atom is 0.248 e. The third-order valence-electron chi connectivity index (χ3n) is 8.48. The highest BCUT2D eigenvalue weighted by Crippen LogP contribution is 2.41. The van der Waals surface area contributed by atoms with Crippen molar-refractivity contribution in [3.63, 3.8) is 0 Å². The number of hydrogen-bond acceptors (Lipinski definition) is 0. The zero-order chi connectivity index (χ0) is 27.0. The third kappa shape index (κ3) is 7.53. The van der Waals surface area contributed by atoms with E-state index >= 15 is 0 Å². The smallest absolute Gasteiger partial charge is 0.207 e. The number of rotatable bonds is 11. The molecule has 0 aromatic rings. The van der Waals surface area contributed by atoms with Crippen molar-refractivity contribution in [2.24, 2.45) is 17.8 Å². The number of halogens is 2. The third-order valence-corrected chi connectivity index (χ3v) is 8.48. The summed E-state index contributed by atoms with van der Waals surface area (Å²) in [7, 11) is 0. The molecule has 2 rings (SSSR count). The van der Waals surface area contributed by atoms with E-state index in [1.54, 1.807) is 0 Å². The Bertz CT molecular complexity index is 967. The summed E-state index contributed by atoms with van der Waals surface area (Å²) >= 11 is 0. The highest BCUT2D eigenvalue weighted by atomic mass is 19.3. The fourth-order valence-corrected chi connectivity index (χ4v) is 6.02. The Hall–Kier alpha value is -1.96. The second kappa shape index (κ2) is 13.5. The maximum atomic E-state index is 13.7. The Morgan fingerprint density at radius 1 is 1.11 bits per heavy atom. The molecule has 200 valence electrons. The lowest BCUT2D eigenvalue weighted by Crippen LogP contribution is -2.25. The van der Waals surface area contributed by atoms with E-state index in [1.165, 1.54) is 39.0 Å². The van der Waals surface area contributed by atoms with E-state index in [9.17, 15) is 8.78 Å². The van der Waals surface area contributed by atoms with Gasteiger partial charge in [0.1, 0.15) is 0 Å². The van der Waals surface area contributed by atoms with Gasteiger partial charge in [0.05, 0.1) is 0 Å². The molecule has 36 heavy (non-hydrogen) atoms. The van der Waals surface area contributed by atoms with Crippen LogP contribution in [0.25, 0.3) is 0 Å². The maximum absolute atomic E-state index is 13.7. The predicted octanol–water partition coefficient (Wildman–Crippen LogP) is 11.3. The molecule has 0 aromatic carbocycles. The van der Waals surface area contributed by atoms with E-state index in [4.69, 9.17) is 0 Å². The van der Waals surface area contributed by atoms with Gasteiger partial charge in [-0.3, -0.25) is 0 Å². The van der Waals surface area contributed by atoms with Gasteiger partial charge >= 0.3 is 0 Å². The molecular formula is C34H50F2. The molecule has 1 fully saturated rings. The molecule has 0 radical (unpaired) electrons. The van der Waals surface area contributed by atoms with Gasteiger partial charge in [-0.15, -0.1) is 0 Å². The molecule has 1 saturated carbocycles. The Kier molecular flexibility index (Phi) is 11.4. The first-order chi connectivity index (χ1) is 17.0. The average Bonchev–Trinajstić information content (AvgIpc) is 3.15. The molecule has 0 saturated heterocycles. The van der Waals surface area contributed by atoms with Gasteiger partial charge in [0.2, 0.25) is 5.92 Å². The fourth-order valence-electron chi connectivity index (χ4n) is 6.02. The van der Waals surface area contributed by atoms with Crippen LogP contribution in [0.1, 0.15) is 107 Å². The first-order valence-corrected chi connectivity index (χ1v) is 14.2. The summed E-state index contributed by atoms with van der Waals surface area (Å²) < 4.78 is 27.4. The first kappa shape index (κ1) is 30.3. The second-order valence-corrected chi connectivity index (χ2v) is 10.9. The van der Waals surface area contributed by atoms with Crippen LogP contribution in [0.3, 0.4) is 0 Å². The average molecular weight is 497 g/mol. The number of alkyl halides is 2. The Morgan fingerprint density at radius 2 is 1.75 bits per heavy atom. The quantitative estimate of drug-likeness (QED) is 0.249. The van der Waals surface area contributed by atoms with Crippen LogP contribution in [0.5, 0.6) is 0 Å². The summed E-state index contributed by atoms with van der Waals surface area (Å²) in [6.45, 7) is 22.1. The minimum absolute atomic E-state index is 0.0441. The molecule has 0 aromatic heterocycles. The van der Waals surface area contributed by atoms with Crippen LogP contribution in [0.15, 0.2) is 81.5 Å². The number of hydrogen-bond donors (Lipinski definition) is 0. The van der Waals surface area contributed by atoms with Crippen molar-refractivity contribution in [3.05, 3.63) is 81.5 Å². The van der Waals surface area contributed by atoms with Gasteiger partial charge in [0.15, 0.2) is 0 Å². The fraction of sp³-hybridized carbons (Fsp3) is 0.588. The number of allylic oxidation sites excluding steroid dienone is 13. The standard InChI is InChI=1S/C34H50F2/c1-10-27(21-28-15-17-34(35,36)18-16-28)22-32(29(11-2)12-3)25(8)23(6)19-31(14-5)33-24(7)20-30(13-4)26(33)9/h11,14,19-20,22,27-28,30H,8,10,12-13,15-18,21H2,1-7,9H3/b23-19-,29-11+,31-14+,32-22+. The van der Waals surface area contributed by atoms with Gasteiger partial charge < -0.3 is 0 Å². The minimum Gasteiger partial charge on any atom is -0.207 e. The lowest BCUT2D eigenvalue weighted by molar-refractivity contribution is -0.0475. The van der Waals surface area contributed by atoms with Gasteiger partial charge in [-0.25, -0.2) is 8.78 Å². The largest absolute Gasteiger partial charge is 0.248 e. The van der Waals surface area contributed by atoms with E-state index in [-0.39, 0.29) is 12.8 Å². The van der Waals surface area contributed by atoms with Crippen molar-refractivity contribution < 1.29 is 8.78 Å². The van der Waals surface area contributed by atoms with Crippen molar-refractivity contribution in [1.29, 1.82) is 0 Å². The molecule has 0 aliphatic heterocycles. The monoisotopic (exact) mass is 496 g/mol. The van der Waals surface area contributed by atoms with E-state index in [0.717, 1.165) is 31.3 Å². The molecule has 0 bridgehead atoms. The summed E-state index contributed by atoms with van der Waals surface area (Å²) in [5, 5.41) is 0. The van der Waals surface area contributed by atoms with Crippen LogP contribution in [-0.4, -0.2) is 5.92 Å². The van der Waals surface area contributed by atoms with Crippen LogP contribution >= 0.6 is 0 Å². The van der Waals surface area contributed by atoms with Crippen molar-refractivity contribution >= 4 is 0 Å². The van der Waals surface area contributed by atoms with Crippen molar-refractivity contribution in [3.8, 4) is 0 Å². The van der Waals surface area contributed by atoms with Crippen molar-refractivity contribution in [2.75, 3.05) is 0 Å². The highest BCUT2D eigenvalue weighted by molar-refractivity contribution is 5.62. The normalized spacial score (nSPS) is 23.3. The SMILES string of the molecule is C=C(/C(C)=C\C(=C/C)C1=C(C)C(CC)C=C1C)C(=C\C(CC)CC1CCC(F)(F)CC1)/C(=C/C)CC. The minimum atomic E-state index is -2.46.